The van der Waals surface area contributed by atoms with E-state index in [4.69, 9.17) is 0 Å². The van der Waals surface area contributed by atoms with Gasteiger partial charge in [-0.05, 0) is 51.4 Å². The van der Waals surface area contributed by atoms with Crippen molar-refractivity contribution in [2.45, 2.75) is 65.2 Å². The van der Waals surface area contributed by atoms with Crippen molar-refractivity contribution in [2.24, 2.45) is 22.7 Å². The smallest absolute Gasteiger partial charge is 0.136 e. The maximum Gasteiger partial charge on any atom is 0.136 e. The molecule has 0 aromatic heterocycles. The fourth-order valence-corrected chi connectivity index (χ4v) is 5.73. The van der Waals surface area contributed by atoms with E-state index >= 15 is 0 Å². The summed E-state index contributed by atoms with van der Waals surface area (Å²) in [4.78, 5) is 24.6. The van der Waals surface area contributed by atoms with Crippen molar-refractivity contribution in [1.82, 2.24) is 0 Å². The van der Waals surface area contributed by atoms with Crippen LogP contribution in [0, 0.1) is 22.7 Å². The fourth-order valence-electron chi connectivity index (χ4n) is 5.73. The molecule has 0 amide bonds. The maximum atomic E-state index is 12.3. The summed E-state index contributed by atoms with van der Waals surface area (Å²) in [6.45, 7) is 3.54. The predicted octanol–water partition coefficient (Wildman–Crippen LogP) is 3.53. The lowest BCUT2D eigenvalue weighted by molar-refractivity contribution is -0.145. The van der Waals surface area contributed by atoms with Crippen LogP contribution in [0.1, 0.15) is 65.2 Å². The second-order valence-electron chi connectivity index (χ2n) is 6.95. The molecule has 3 saturated carbocycles. The van der Waals surface area contributed by atoms with Crippen molar-refractivity contribution in [2.75, 3.05) is 0 Å². The first kappa shape index (κ1) is 12.4. The Morgan fingerprint density at radius 1 is 0.833 bits per heavy atom. The van der Waals surface area contributed by atoms with Crippen LogP contribution in [-0.4, -0.2) is 11.6 Å². The molecule has 18 heavy (non-hydrogen) atoms. The minimum atomic E-state index is -0.130. The van der Waals surface area contributed by atoms with Crippen molar-refractivity contribution < 1.29 is 9.59 Å². The van der Waals surface area contributed by atoms with E-state index in [1.54, 1.807) is 13.8 Å². The normalized spacial score (nSPS) is 46.6. The van der Waals surface area contributed by atoms with Crippen molar-refractivity contribution in [3.63, 3.8) is 0 Å². The largest absolute Gasteiger partial charge is 0.299 e. The first-order chi connectivity index (χ1) is 8.53. The molecule has 0 aromatic rings. The molecule has 2 heteroatoms. The van der Waals surface area contributed by atoms with E-state index < -0.39 is 0 Å². The zero-order valence-electron chi connectivity index (χ0n) is 11.6. The van der Waals surface area contributed by atoms with Gasteiger partial charge in [-0.1, -0.05) is 25.7 Å². The van der Waals surface area contributed by atoms with Crippen molar-refractivity contribution in [3.8, 4) is 0 Å². The summed E-state index contributed by atoms with van der Waals surface area (Å²) < 4.78 is 0. The highest BCUT2D eigenvalue weighted by molar-refractivity contribution is 5.89. The van der Waals surface area contributed by atoms with E-state index in [-0.39, 0.29) is 10.8 Å². The Morgan fingerprint density at radius 2 is 1.28 bits per heavy atom. The standard InChI is InChI=1S/C16H24O2/c1-11(17)15-7-3-5-13-6-4-8-16(10-9-15,12(2)18)14(13)15/h13-14H,3-10H2,1-2H3. The summed E-state index contributed by atoms with van der Waals surface area (Å²) in [6.07, 6.45) is 8.90. The maximum absolute atomic E-state index is 12.3. The Balaban J connectivity index is 2.09. The van der Waals surface area contributed by atoms with E-state index in [1.165, 1.54) is 25.7 Å². The second kappa shape index (κ2) is 3.91. The van der Waals surface area contributed by atoms with Gasteiger partial charge in [0.2, 0.25) is 0 Å². The van der Waals surface area contributed by atoms with Crippen LogP contribution in [0.3, 0.4) is 0 Å². The third-order valence-electron chi connectivity index (χ3n) is 6.48. The summed E-state index contributed by atoms with van der Waals surface area (Å²) in [5.74, 6) is 1.75. The second-order valence-corrected chi connectivity index (χ2v) is 6.95. The number of hydrogen-bond donors (Lipinski definition) is 0. The van der Waals surface area contributed by atoms with Gasteiger partial charge in [0, 0.05) is 10.8 Å². The van der Waals surface area contributed by atoms with Crippen molar-refractivity contribution in [3.05, 3.63) is 0 Å². The van der Waals surface area contributed by atoms with Crippen LogP contribution in [0.15, 0.2) is 0 Å². The lowest BCUT2D eigenvalue weighted by Crippen LogP contribution is -2.51. The lowest BCUT2D eigenvalue weighted by Gasteiger charge is -2.51. The fraction of sp³-hybridized carbons (Fsp3) is 0.875. The highest BCUT2D eigenvalue weighted by atomic mass is 16.1. The summed E-state index contributed by atoms with van der Waals surface area (Å²) in [5, 5.41) is 0. The topological polar surface area (TPSA) is 34.1 Å². The van der Waals surface area contributed by atoms with E-state index in [0.29, 0.717) is 23.4 Å². The number of carbonyl (C=O) groups is 2. The van der Waals surface area contributed by atoms with Gasteiger partial charge >= 0.3 is 0 Å². The summed E-state index contributed by atoms with van der Waals surface area (Å²) in [6, 6.07) is 0. The number of Topliss-reactive ketones (excluding diaryl/α,β-unsaturated/α-hetero) is 2. The Hall–Kier alpha value is -0.660. The number of ketones is 2. The average molecular weight is 248 g/mol. The Bertz CT molecular complexity index is 364. The number of carbonyl (C=O) groups excluding carboxylic acids is 2. The van der Waals surface area contributed by atoms with Gasteiger partial charge in [0.05, 0.1) is 0 Å². The molecule has 3 fully saturated rings. The third kappa shape index (κ3) is 1.35. The Labute approximate surface area is 110 Å². The van der Waals surface area contributed by atoms with Crippen LogP contribution in [0.5, 0.6) is 0 Å². The third-order valence-corrected chi connectivity index (χ3v) is 6.48. The highest BCUT2D eigenvalue weighted by Gasteiger charge is 2.64. The van der Waals surface area contributed by atoms with Crippen LogP contribution >= 0.6 is 0 Å². The van der Waals surface area contributed by atoms with Gasteiger partial charge in [0.15, 0.2) is 0 Å². The molecule has 2 unspecified atom stereocenters. The van der Waals surface area contributed by atoms with Gasteiger partial charge in [-0.2, -0.15) is 0 Å². The molecule has 0 saturated heterocycles. The molecule has 0 radical (unpaired) electrons. The summed E-state index contributed by atoms with van der Waals surface area (Å²) in [7, 11) is 0. The highest BCUT2D eigenvalue weighted by Crippen LogP contribution is 2.67. The molecule has 3 aliphatic rings. The van der Waals surface area contributed by atoms with Gasteiger partial charge in [-0.15, -0.1) is 0 Å². The molecule has 0 bridgehead atoms. The Kier molecular flexibility index (Phi) is 2.69. The van der Waals surface area contributed by atoms with Crippen molar-refractivity contribution >= 4 is 11.6 Å². The minimum absolute atomic E-state index is 0.130. The van der Waals surface area contributed by atoms with Crippen LogP contribution in [0.2, 0.25) is 0 Å². The molecule has 0 N–H and O–H groups in total. The number of hydrogen-bond acceptors (Lipinski definition) is 2. The van der Waals surface area contributed by atoms with E-state index in [9.17, 15) is 9.59 Å². The van der Waals surface area contributed by atoms with Crippen LogP contribution < -0.4 is 0 Å². The van der Waals surface area contributed by atoms with Gasteiger partial charge in [0.1, 0.15) is 11.6 Å². The number of rotatable bonds is 2. The monoisotopic (exact) mass is 248 g/mol. The molecule has 0 heterocycles. The quantitative estimate of drug-likeness (QED) is 0.749. The molecular weight excluding hydrogens is 224 g/mol. The molecule has 2 nitrogen and oxygen atoms in total. The van der Waals surface area contributed by atoms with Gasteiger partial charge in [-0.25, -0.2) is 0 Å². The Morgan fingerprint density at radius 3 is 1.67 bits per heavy atom. The minimum Gasteiger partial charge on any atom is -0.299 e. The zero-order chi connectivity index (χ0) is 13.0. The van der Waals surface area contributed by atoms with E-state index in [1.807, 2.05) is 0 Å². The summed E-state index contributed by atoms with van der Waals surface area (Å²) in [5.41, 5.74) is -0.260. The molecule has 0 aliphatic heterocycles. The average Bonchev–Trinajstić information content (AvgIpc) is 2.70. The van der Waals surface area contributed by atoms with Gasteiger partial charge in [-0.3, -0.25) is 9.59 Å². The van der Waals surface area contributed by atoms with E-state index in [0.717, 1.165) is 25.7 Å². The molecule has 3 rings (SSSR count). The van der Waals surface area contributed by atoms with Crippen molar-refractivity contribution in [1.29, 1.82) is 0 Å². The molecule has 0 spiro atoms. The zero-order valence-corrected chi connectivity index (χ0v) is 11.6. The van der Waals surface area contributed by atoms with Crippen LogP contribution in [0.25, 0.3) is 0 Å². The molecule has 2 atom stereocenters. The summed E-state index contributed by atoms with van der Waals surface area (Å²) >= 11 is 0. The molecule has 100 valence electrons. The van der Waals surface area contributed by atoms with E-state index in [2.05, 4.69) is 0 Å². The van der Waals surface area contributed by atoms with Crippen LogP contribution in [-0.2, 0) is 9.59 Å². The molecule has 3 aliphatic carbocycles. The lowest BCUT2D eigenvalue weighted by atomic mass is 9.51. The molecular formula is C16H24O2. The SMILES string of the molecule is CC(=O)C12CCCC3CCCC(C(C)=O)(CC1)C32. The first-order valence-electron chi connectivity index (χ1n) is 7.55. The van der Waals surface area contributed by atoms with Gasteiger partial charge in [0.25, 0.3) is 0 Å². The predicted molar refractivity (Wildman–Crippen MR) is 70.1 cm³/mol. The van der Waals surface area contributed by atoms with Crippen LogP contribution in [0.4, 0.5) is 0 Å². The first-order valence-corrected chi connectivity index (χ1v) is 7.55. The van der Waals surface area contributed by atoms with Gasteiger partial charge < -0.3 is 0 Å². The molecule has 0 aromatic carbocycles.